The number of amides is 2. The number of carbonyl (C=O) groups excluding carboxylic acids is 2. The number of aromatic nitrogens is 2. The van der Waals surface area contributed by atoms with E-state index in [-0.39, 0.29) is 11.8 Å². The van der Waals surface area contributed by atoms with Gasteiger partial charge in [-0.3, -0.25) is 14.7 Å². The molecule has 6 nitrogen and oxygen atoms in total. The van der Waals surface area contributed by atoms with Crippen molar-refractivity contribution in [3.05, 3.63) is 52.3 Å². The van der Waals surface area contributed by atoms with E-state index in [1.54, 1.807) is 4.90 Å². The SMILES string of the molecule is Cc1ccc(C(=O)N2CCc3[nH]nc(C(=O)NCC4CCCCC4)c3C2)cc1. The standard InChI is InChI=1S/C22H28N4O2/c1-15-7-9-17(10-8-15)22(28)26-12-11-19-18(14-26)20(25-24-19)21(27)23-13-16-5-3-2-4-6-16/h7-10,16H,2-6,11-14H2,1H3,(H,23,27)(H,24,25). The Morgan fingerprint density at radius 1 is 1.18 bits per heavy atom. The molecule has 0 unspecified atom stereocenters. The molecular weight excluding hydrogens is 352 g/mol. The van der Waals surface area contributed by atoms with Crippen LogP contribution < -0.4 is 5.32 Å². The number of fused-ring (bicyclic) bond motifs is 1. The van der Waals surface area contributed by atoms with Crippen LogP contribution in [0.4, 0.5) is 0 Å². The molecule has 4 rings (SSSR count). The summed E-state index contributed by atoms with van der Waals surface area (Å²) in [7, 11) is 0. The van der Waals surface area contributed by atoms with Gasteiger partial charge in [-0.05, 0) is 37.8 Å². The second-order valence-electron chi connectivity index (χ2n) is 8.09. The molecule has 2 aliphatic rings. The highest BCUT2D eigenvalue weighted by Gasteiger charge is 2.28. The Morgan fingerprint density at radius 3 is 2.68 bits per heavy atom. The summed E-state index contributed by atoms with van der Waals surface area (Å²) in [5, 5.41) is 10.3. The molecule has 1 saturated carbocycles. The zero-order chi connectivity index (χ0) is 19.5. The Bertz CT molecular complexity index is 850. The topological polar surface area (TPSA) is 78.1 Å². The molecule has 0 radical (unpaired) electrons. The molecule has 2 heterocycles. The number of nitrogens with zero attached hydrogens (tertiary/aromatic N) is 2. The highest BCUT2D eigenvalue weighted by molar-refractivity contribution is 5.96. The van der Waals surface area contributed by atoms with Crippen molar-refractivity contribution < 1.29 is 9.59 Å². The summed E-state index contributed by atoms with van der Waals surface area (Å²) in [6, 6.07) is 7.62. The third kappa shape index (κ3) is 3.96. The van der Waals surface area contributed by atoms with E-state index in [1.807, 2.05) is 31.2 Å². The minimum absolute atomic E-state index is 0.000383. The summed E-state index contributed by atoms with van der Waals surface area (Å²) in [5.74, 6) is 0.445. The largest absolute Gasteiger partial charge is 0.350 e. The second kappa shape index (κ2) is 8.17. The zero-order valence-corrected chi connectivity index (χ0v) is 16.5. The number of hydrogen-bond acceptors (Lipinski definition) is 3. The Labute approximate surface area is 165 Å². The maximum absolute atomic E-state index is 12.9. The Kier molecular flexibility index (Phi) is 5.46. The number of H-pyrrole nitrogens is 1. The second-order valence-corrected chi connectivity index (χ2v) is 8.09. The number of aromatic amines is 1. The normalized spacial score (nSPS) is 17.2. The third-order valence-corrected chi connectivity index (χ3v) is 6.01. The summed E-state index contributed by atoms with van der Waals surface area (Å²) >= 11 is 0. The first-order valence-corrected chi connectivity index (χ1v) is 10.3. The molecule has 0 spiro atoms. The summed E-state index contributed by atoms with van der Waals surface area (Å²) < 4.78 is 0. The molecule has 1 aliphatic heterocycles. The molecule has 148 valence electrons. The van der Waals surface area contributed by atoms with Gasteiger partial charge < -0.3 is 10.2 Å². The van der Waals surface area contributed by atoms with E-state index >= 15 is 0 Å². The molecule has 6 heteroatoms. The molecule has 0 saturated heterocycles. The minimum atomic E-state index is -0.132. The van der Waals surface area contributed by atoms with Gasteiger partial charge in [0, 0.05) is 36.3 Å². The molecule has 1 aromatic carbocycles. The van der Waals surface area contributed by atoms with Crippen LogP contribution in [0.3, 0.4) is 0 Å². The van der Waals surface area contributed by atoms with Gasteiger partial charge in [-0.1, -0.05) is 37.0 Å². The molecule has 0 atom stereocenters. The van der Waals surface area contributed by atoms with Crippen molar-refractivity contribution in [2.45, 2.75) is 52.0 Å². The first-order chi connectivity index (χ1) is 13.6. The number of aryl methyl sites for hydroxylation is 1. The first-order valence-electron chi connectivity index (χ1n) is 10.3. The number of hydrogen-bond donors (Lipinski definition) is 2. The van der Waals surface area contributed by atoms with E-state index in [0.29, 0.717) is 43.2 Å². The molecule has 1 aliphatic carbocycles. The fraction of sp³-hybridized carbons (Fsp3) is 0.500. The van der Waals surface area contributed by atoms with Crippen LogP contribution in [0.1, 0.15) is 69.8 Å². The summed E-state index contributed by atoms with van der Waals surface area (Å²) in [6.07, 6.45) is 6.90. The van der Waals surface area contributed by atoms with Crippen LogP contribution in [0, 0.1) is 12.8 Å². The lowest BCUT2D eigenvalue weighted by molar-refractivity contribution is 0.0731. The fourth-order valence-corrected chi connectivity index (χ4v) is 4.25. The van der Waals surface area contributed by atoms with Gasteiger partial charge in [0.2, 0.25) is 0 Å². The van der Waals surface area contributed by atoms with Gasteiger partial charge in [-0.2, -0.15) is 5.10 Å². The van der Waals surface area contributed by atoms with Crippen molar-refractivity contribution in [2.24, 2.45) is 5.92 Å². The van der Waals surface area contributed by atoms with Gasteiger partial charge in [0.1, 0.15) is 0 Å². The minimum Gasteiger partial charge on any atom is -0.350 e. The van der Waals surface area contributed by atoms with E-state index in [9.17, 15) is 9.59 Å². The molecular formula is C22H28N4O2. The molecule has 2 amide bonds. The summed E-state index contributed by atoms with van der Waals surface area (Å²) in [6.45, 7) is 3.77. The predicted octanol–water partition coefficient (Wildman–Crippen LogP) is 3.23. The Balaban J connectivity index is 1.43. The van der Waals surface area contributed by atoms with Crippen LogP contribution in [0.2, 0.25) is 0 Å². The van der Waals surface area contributed by atoms with E-state index in [0.717, 1.165) is 16.8 Å². The highest BCUT2D eigenvalue weighted by atomic mass is 16.2. The first kappa shape index (κ1) is 18.7. The lowest BCUT2D eigenvalue weighted by Crippen LogP contribution is -2.37. The quantitative estimate of drug-likeness (QED) is 0.855. The molecule has 2 N–H and O–H groups in total. The maximum atomic E-state index is 12.9. The summed E-state index contributed by atoms with van der Waals surface area (Å²) in [5.41, 5.74) is 4.07. The zero-order valence-electron chi connectivity index (χ0n) is 16.5. The van der Waals surface area contributed by atoms with Gasteiger partial charge >= 0.3 is 0 Å². The van der Waals surface area contributed by atoms with Gasteiger partial charge in [0.15, 0.2) is 5.69 Å². The Morgan fingerprint density at radius 2 is 1.93 bits per heavy atom. The molecule has 1 aromatic heterocycles. The van der Waals surface area contributed by atoms with Crippen molar-refractivity contribution in [3.63, 3.8) is 0 Å². The van der Waals surface area contributed by atoms with Crippen LogP contribution in [0.5, 0.6) is 0 Å². The van der Waals surface area contributed by atoms with Crippen molar-refractivity contribution >= 4 is 11.8 Å². The molecule has 1 fully saturated rings. The number of carbonyl (C=O) groups is 2. The predicted molar refractivity (Wildman–Crippen MR) is 107 cm³/mol. The number of rotatable bonds is 4. The number of benzene rings is 1. The van der Waals surface area contributed by atoms with E-state index < -0.39 is 0 Å². The summed E-state index contributed by atoms with van der Waals surface area (Å²) in [4.78, 5) is 27.4. The fourth-order valence-electron chi connectivity index (χ4n) is 4.25. The van der Waals surface area contributed by atoms with Crippen molar-refractivity contribution in [1.82, 2.24) is 20.4 Å². The van der Waals surface area contributed by atoms with Gasteiger partial charge in [0.25, 0.3) is 11.8 Å². The average molecular weight is 380 g/mol. The smallest absolute Gasteiger partial charge is 0.272 e. The van der Waals surface area contributed by atoms with Gasteiger partial charge in [-0.25, -0.2) is 0 Å². The van der Waals surface area contributed by atoms with Crippen LogP contribution in [0.15, 0.2) is 24.3 Å². The lowest BCUT2D eigenvalue weighted by Gasteiger charge is -2.27. The van der Waals surface area contributed by atoms with Crippen LogP contribution >= 0.6 is 0 Å². The number of nitrogens with one attached hydrogen (secondary N) is 2. The van der Waals surface area contributed by atoms with Gasteiger partial charge in [0.05, 0.1) is 6.54 Å². The van der Waals surface area contributed by atoms with Crippen LogP contribution in [0.25, 0.3) is 0 Å². The van der Waals surface area contributed by atoms with Crippen LogP contribution in [-0.4, -0.2) is 40.0 Å². The van der Waals surface area contributed by atoms with Gasteiger partial charge in [-0.15, -0.1) is 0 Å². The third-order valence-electron chi connectivity index (χ3n) is 6.01. The monoisotopic (exact) mass is 380 g/mol. The molecule has 0 bridgehead atoms. The van der Waals surface area contributed by atoms with E-state index in [1.165, 1.54) is 32.1 Å². The van der Waals surface area contributed by atoms with E-state index in [2.05, 4.69) is 15.5 Å². The van der Waals surface area contributed by atoms with Crippen LogP contribution in [-0.2, 0) is 13.0 Å². The molecule has 2 aromatic rings. The van der Waals surface area contributed by atoms with Crippen molar-refractivity contribution in [3.8, 4) is 0 Å². The highest BCUT2D eigenvalue weighted by Crippen LogP contribution is 2.24. The Hall–Kier alpha value is -2.63. The van der Waals surface area contributed by atoms with Crippen molar-refractivity contribution in [2.75, 3.05) is 13.1 Å². The lowest BCUT2D eigenvalue weighted by atomic mass is 9.89. The average Bonchev–Trinajstić information content (AvgIpc) is 3.16. The van der Waals surface area contributed by atoms with Crippen molar-refractivity contribution in [1.29, 1.82) is 0 Å². The maximum Gasteiger partial charge on any atom is 0.272 e. The van der Waals surface area contributed by atoms with E-state index in [4.69, 9.17) is 0 Å². The molecule has 28 heavy (non-hydrogen) atoms.